The Morgan fingerprint density at radius 3 is 2.43 bits per heavy atom. The largest absolute Gasteiger partial charge is 0.484 e. The fourth-order valence-corrected chi connectivity index (χ4v) is 3.05. The molecule has 0 bridgehead atoms. The van der Waals surface area contributed by atoms with Gasteiger partial charge in [0.25, 0.3) is 5.56 Å². The van der Waals surface area contributed by atoms with Crippen molar-refractivity contribution in [2.75, 3.05) is 0 Å². The first-order valence-corrected chi connectivity index (χ1v) is 9.07. The number of benzene rings is 1. The van der Waals surface area contributed by atoms with E-state index in [1.165, 1.54) is 16.9 Å². The molecule has 1 aromatic carbocycles. The monoisotopic (exact) mass is 464 g/mol. The van der Waals surface area contributed by atoms with E-state index in [1.54, 1.807) is 0 Å². The summed E-state index contributed by atoms with van der Waals surface area (Å²) in [5.74, 6) is 0.254. The summed E-state index contributed by atoms with van der Waals surface area (Å²) in [4.78, 5) is 26.1. The van der Waals surface area contributed by atoms with Crippen LogP contribution >= 0.6 is 23.2 Å². The SMILES string of the molecule is CCn1nnc(COc2cc(-n3c(=O)cc(C(F)(F)F)n(C)c3=O)c(Cl)cc2Cl)n1. The van der Waals surface area contributed by atoms with Crippen molar-refractivity contribution in [2.24, 2.45) is 7.05 Å². The van der Waals surface area contributed by atoms with E-state index < -0.39 is 23.1 Å². The number of tetrazole rings is 1. The van der Waals surface area contributed by atoms with E-state index in [1.807, 2.05) is 6.92 Å². The van der Waals surface area contributed by atoms with E-state index in [4.69, 9.17) is 27.9 Å². The molecule has 0 saturated heterocycles. The highest BCUT2D eigenvalue weighted by atomic mass is 35.5. The smallest absolute Gasteiger partial charge is 0.431 e. The van der Waals surface area contributed by atoms with Crippen LogP contribution in [0, 0.1) is 0 Å². The third kappa shape index (κ3) is 4.19. The molecule has 0 aliphatic carbocycles. The zero-order chi connectivity index (χ0) is 22.2. The normalized spacial score (nSPS) is 11.7. The van der Waals surface area contributed by atoms with Gasteiger partial charge in [0, 0.05) is 19.2 Å². The molecule has 2 heterocycles. The first-order chi connectivity index (χ1) is 14.0. The molecule has 0 fully saturated rings. The van der Waals surface area contributed by atoms with Gasteiger partial charge < -0.3 is 4.74 Å². The minimum absolute atomic E-state index is 0.0118. The lowest BCUT2D eigenvalue weighted by Gasteiger charge is -2.15. The van der Waals surface area contributed by atoms with Gasteiger partial charge in [-0.3, -0.25) is 9.36 Å². The maximum absolute atomic E-state index is 13.0. The summed E-state index contributed by atoms with van der Waals surface area (Å²) in [6.45, 7) is 2.18. The molecule has 160 valence electrons. The Morgan fingerprint density at radius 1 is 1.13 bits per heavy atom. The predicted octanol–water partition coefficient (Wildman–Crippen LogP) is 2.45. The lowest BCUT2D eigenvalue weighted by Crippen LogP contribution is -2.40. The van der Waals surface area contributed by atoms with Gasteiger partial charge in [-0.2, -0.15) is 18.0 Å². The maximum atomic E-state index is 13.0. The van der Waals surface area contributed by atoms with E-state index >= 15 is 0 Å². The van der Waals surface area contributed by atoms with Crippen LogP contribution in [-0.4, -0.2) is 29.3 Å². The molecule has 0 spiro atoms. The quantitative estimate of drug-likeness (QED) is 0.575. The van der Waals surface area contributed by atoms with Crippen LogP contribution in [0.1, 0.15) is 18.4 Å². The van der Waals surface area contributed by atoms with Gasteiger partial charge >= 0.3 is 11.9 Å². The number of aryl methyl sites for hydroxylation is 1. The molecule has 9 nitrogen and oxygen atoms in total. The summed E-state index contributed by atoms with van der Waals surface area (Å²) in [7, 11) is 0.894. The van der Waals surface area contributed by atoms with E-state index in [-0.39, 0.29) is 33.9 Å². The Balaban J connectivity index is 2.05. The fraction of sp³-hybridized carbons (Fsp3) is 0.312. The number of alkyl halides is 3. The standard InChI is InChI=1S/C16H13Cl2F3N6O3/c1-3-26-23-13(22-24-26)7-30-11-5-10(8(17)4-9(11)18)27-14(28)6-12(16(19,20)21)25(2)15(27)29/h4-6H,3,7H2,1-2H3. The minimum Gasteiger partial charge on any atom is -0.484 e. The van der Waals surface area contributed by atoms with Gasteiger partial charge in [-0.25, -0.2) is 9.36 Å². The van der Waals surface area contributed by atoms with Gasteiger partial charge in [0.2, 0.25) is 5.82 Å². The number of rotatable bonds is 5. The van der Waals surface area contributed by atoms with Gasteiger partial charge in [0.05, 0.1) is 22.3 Å². The Labute approximate surface area is 176 Å². The van der Waals surface area contributed by atoms with Crippen LogP contribution in [0.3, 0.4) is 0 Å². The zero-order valence-electron chi connectivity index (χ0n) is 15.4. The average molecular weight is 465 g/mol. The van der Waals surface area contributed by atoms with Crippen molar-refractivity contribution in [1.82, 2.24) is 29.3 Å². The van der Waals surface area contributed by atoms with Crippen LogP contribution in [0.15, 0.2) is 27.8 Å². The van der Waals surface area contributed by atoms with Gasteiger partial charge in [-0.1, -0.05) is 23.2 Å². The van der Waals surface area contributed by atoms with Gasteiger partial charge in [0.1, 0.15) is 11.4 Å². The average Bonchev–Trinajstić information content (AvgIpc) is 3.12. The Hall–Kier alpha value is -2.86. The molecular formula is C16H13Cl2F3N6O3. The second-order valence-electron chi connectivity index (χ2n) is 5.96. The summed E-state index contributed by atoms with van der Waals surface area (Å²) in [5, 5.41) is 11.5. The molecule has 0 unspecified atom stereocenters. The predicted molar refractivity (Wildman–Crippen MR) is 100 cm³/mol. The van der Waals surface area contributed by atoms with Crippen LogP contribution in [0.25, 0.3) is 5.69 Å². The Morgan fingerprint density at radius 2 is 1.83 bits per heavy atom. The molecule has 2 aromatic heterocycles. The number of hydrogen-bond acceptors (Lipinski definition) is 6. The number of hydrogen-bond donors (Lipinski definition) is 0. The summed E-state index contributed by atoms with van der Waals surface area (Å²) in [5.41, 5.74) is -4.04. The van der Waals surface area contributed by atoms with Crippen LogP contribution < -0.4 is 16.0 Å². The third-order valence-corrected chi connectivity index (χ3v) is 4.58. The second-order valence-corrected chi connectivity index (χ2v) is 6.77. The highest BCUT2D eigenvalue weighted by Gasteiger charge is 2.35. The highest BCUT2D eigenvalue weighted by molar-refractivity contribution is 6.36. The molecule has 0 aliphatic rings. The molecular weight excluding hydrogens is 452 g/mol. The molecule has 0 saturated carbocycles. The number of aromatic nitrogens is 6. The van der Waals surface area contributed by atoms with Crippen LogP contribution in [-0.2, 0) is 26.4 Å². The van der Waals surface area contributed by atoms with Crippen molar-refractivity contribution in [3.8, 4) is 11.4 Å². The van der Waals surface area contributed by atoms with Gasteiger partial charge in [-0.05, 0) is 18.2 Å². The summed E-state index contributed by atoms with van der Waals surface area (Å²) < 4.78 is 45.4. The van der Waals surface area contributed by atoms with E-state index in [9.17, 15) is 22.8 Å². The van der Waals surface area contributed by atoms with E-state index in [0.717, 1.165) is 7.05 Å². The molecule has 0 radical (unpaired) electrons. The van der Waals surface area contributed by atoms with Crippen molar-refractivity contribution >= 4 is 23.2 Å². The molecule has 14 heteroatoms. The van der Waals surface area contributed by atoms with Crippen molar-refractivity contribution in [3.63, 3.8) is 0 Å². The molecule has 0 aliphatic heterocycles. The third-order valence-electron chi connectivity index (χ3n) is 3.99. The van der Waals surface area contributed by atoms with Crippen molar-refractivity contribution in [3.05, 3.63) is 60.6 Å². The lowest BCUT2D eigenvalue weighted by molar-refractivity contribution is -0.144. The lowest BCUT2D eigenvalue weighted by atomic mass is 10.2. The van der Waals surface area contributed by atoms with Gasteiger partial charge in [-0.15, -0.1) is 10.2 Å². The maximum Gasteiger partial charge on any atom is 0.431 e. The van der Waals surface area contributed by atoms with E-state index in [2.05, 4.69) is 15.4 Å². The molecule has 0 N–H and O–H groups in total. The summed E-state index contributed by atoms with van der Waals surface area (Å²) >= 11 is 12.2. The molecule has 3 rings (SSSR count). The topological polar surface area (TPSA) is 96.8 Å². The molecule has 0 atom stereocenters. The zero-order valence-corrected chi connectivity index (χ0v) is 17.0. The summed E-state index contributed by atoms with van der Waals surface area (Å²) in [6.07, 6.45) is -4.88. The van der Waals surface area contributed by atoms with Gasteiger partial charge in [0.15, 0.2) is 6.61 Å². The highest BCUT2D eigenvalue weighted by Crippen LogP contribution is 2.33. The molecule has 30 heavy (non-hydrogen) atoms. The summed E-state index contributed by atoms with van der Waals surface area (Å²) in [6, 6.07) is 2.68. The Bertz CT molecular complexity index is 1220. The van der Waals surface area contributed by atoms with Crippen molar-refractivity contribution < 1.29 is 17.9 Å². The van der Waals surface area contributed by atoms with E-state index in [0.29, 0.717) is 21.7 Å². The van der Waals surface area contributed by atoms with Crippen molar-refractivity contribution in [1.29, 1.82) is 0 Å². The second kappa shape index (κ2) is 8.11. The molecule has 0 amide bonds. The Kier molecular flexibility index (Phi) is 5.90. The first kappa shape index (κ1) is 21.8. The minimum atomic E-state index is -4.88. The van der Waals surface area contributed by atoms with Crippen LogP contribution in [0.5, 0.6) is 5.75 Å². The number of nitrogens with zero attached hydrogens (tertiary/aromatic N) is 6. The van der Waals surface area contributed by atoms with Crippen LogP contribution in [0.2, 0.25) is 10.0 Å². The first-order valence-electron chi connectivity index (χ1n) is 8.32. The molecule has 3 aromatic rings. The van der Waals surface area contributed by atoms with Crippen LogP contribution in [0.4, 0.5) is 13.2 Å². The number of halogens is 5. The van der Waals surface area contributed by atoms with Crippen molar-refractivity contribution in [2.45, 2.75) is 26.3 Å². The number of ether oxygens (including phenoxy) is 1. The fourth-order valence-electron chi connectivity index (χ4n) is 2.53.